The van der Waals surface area contributed by atoms with Crippen molar-refractivity contribution in [3.8, 4) is 11.1 Å². The van der Waals surface area contributed by atoms with Gasteiger partial charge in [0, 0.05) is 28.7 Å². The molecule has 27 heavy (non-hydrogen) atoms. The first-order chi connectivity index (χ1) is 13.1. The number of hydrogen-bond donors (Lipinski definition) is 0. The number of nitrogens with zero attached hydrogens (tertiary/aromatic N) is 1. The van der Waals surface area contributed by atoms with Crippen LogP contribution in [0.4, 0.5) is 0 Å². The summed E-state index contributed by atoms with van der Waals surface area (Å²) < 4.78 is 0. The predicted molar refractivity (Wildman–Crippen MR) is 113 cm³/mol. The van der Waals surface area contributed by atoms with Crippen LogP contribution in [-0.4, -0.2) is 24.8 Å². The van der Waals surface area contributed by atoms with Crippen LogP contribution in [0.15, 0.2) is 72.8 Å². The van der Waals surface area contributed by atoms with Gasteiger partial charge in [-0.15, -0.1) is 0 Å². The average Bonchev–Trinajstić information content (AvgIpc) is 2.68. The molecule has 3 aromatic rings. The van der Waals surface area contributed by atoms with Crippen LogP contribution < -0.4 is 0 Å². The Kier molecular flexibility index (Phi) is 6.68. The minimum Gasteiger partial charge on any atom is -0.303 e. The monoisotopic (exact) mass is 397 g/mol. The Bertz CT molecular complexity index is 891. The maximum atomic E-state index is 11.5. The molecule has 0 aliphatic heterocycles. The first kappa shape index (κ1) is 19.6. The van der Waals surface area contributed by atoms with Crippen LogP contribution in [0.25, 0.3) is 11.1 Å². The van der Waals surface area contributed by atoms with Gasteiger partial charge in [0.05, 0.1) is 5.92 Å². The molecule has 0 aromatic heterocycles. The van der Waals surface area contributed by atoms with Gasteiger partial charge in [-0.3, -0.25) is 0 Å². The highest BCUT2D eigenvalue weighted by Crippen LogP contribution is 2.27. The van der Waals surface area contributed by atoms with Gasteiger partial charge < -0.3 is 9.69 Å². The van der Waals surface area contributed by atoms with Gasteiger partial charge in [-0.2, -0.15) is 0 Å². The van der Waals surface area contributed by atoms with E-state index >= 15 is 0 Å². The van der Waals surface area contributed by atoms with E-state index in [-0.39, 0.29) is 5.92 Å². The van der Waals surface area contributed by atoms with Gasteiger partial charge in [-0.1, -0.05) is 77.8 Å². The Hall–Kier alpha value is -2.13. The van der Waals surface area contributed by atoms with Crippen LogP contribution >= 0.6 is 23.2 Å². The van der Waals surface area contributed by atoms with Crippen molar-refractivity contribution in [2.45, 2.75) is 12.5 Å². The Labute approximate surface area is 170 Å². The molecular weight excluding hydrogens is 377 g/mol. The van der Waals surface area contributed by atoms with Crippen molar-refractivity contribution in [3.05, 3.63) is 94.0 Å². The lowest BCUT2D eigenvalue weighted by Crippen LogP contribution is -2.25. The maximum Gasteiger partial charge on any atom is 0.128 e. The van der Waals surface area contributed by atoms with Crippen LogP contribution in [0.1, 0.15) is 17.0 Å². The van der Waals surface area contributed by atoms with Crippen LogP contribution in [0.3, 0.4) is 0 Å². The fourth-order valence-corrected chi connectivity index (χ4v) is 3.50. The molecule has 0 radical (unpaired) electrons. The molecule has 2 nitrogen and oxygen atoms in total. The lowest BCUT2D eigenvalue weighted by atomic mass is 10.00. The average molecular weight is 398 g/mol. The summed E-state index contributed by atoms with van der Waals surface area (Å²) in [4.78, 5) is 13.7. The second-order valence-corrected chi connectivity index (χ2v) is 7.51. The van der Waals surface area contributed by atoms with Gasteiger partial charge in [0.1, 0.15) is 6.29 Å². The van der Waals surface area contributed by atoms with Gasteiger partial charge in [0.2, 0.25) is 0 Å². The van der Waals surface area contributed by atoms with E-state index in [4.69, 9.17) is 23.2 Å². The lowest BCUT2D eigenvalue weighted by Gasteiger charge is -2.21. The van der Waals surface area contributed by atoms with E-state index in [2.05, 4.69) is 29.2 Å². The van der Waals surface area contributed by atoms with Gasteiger partial charge in [-0.05, 0) is 41.9 Å². The third kappa shape index (κ3) is 5.20. The van der Waals surface area contributed by atoms with E-state index in [9.17, 15) is 4.79 Å². The molecule has 0 bridgehead atoms. The number of likely N-dealkylation sites (N-methyl/N-ethyl adjacent to an activating group) is 1. The molecule has 4 heteroatoms. The van der Waals surface area contributed by atoms with Crippen molar-refractivity contribution in [1.82, 2.24) is 4.90 Å². The van der Waals surface area contributed by atoms with Crippen molar-refractivity contribution in [3.63, 3.8) is 0 Å². The summed E-state index contributed by atoms with van der Waals surface area (Å²) in [5, 5.41) is 1.43. The van der Waals surface area contributed by atoms with Gasteiger partial charge in [-0.25, -0.2) is 0 Å². The minimum atomic E-state index is -0.172. The molecule has 138 valence electrons. The summed E-state index contributed by atoms with van der Waals surface area (Å²) in [7, 11) is 2.02. The number of carbonyl (C=O) groups excluding carboxylic acids is 1. The molecule has 0 amide bonds. The van der Waals surface area contributed by atoms with Crippen molar-refractivity contribution in [1.29, 1.82) is 0 Å². The molecule has 0 fully saturated rings. The van der Waals surface area contributed by atoms with Crippen LogP contribution in [-0.2, 0) is 11.3 Å². The van der Waals surface area contributed by atoms with E-state index in [1.54, 1.807) is 0 Å². The summed E-state index contributed by atoms with van der Waals surface area (Å²) >= 11 is 12.2. The fourth-order valence-electron chi connectivity index (χ4n) is 3.13. The number of aldehydes is 1. The molecule has 0 saturated carbocycles. The smallest absolute Gasteiger partial charge is 0.128 e. The zero-order valence-corrected chi connectivity index (χ0v) is 16.6. The van der Waals surface area contributed by atoms with E-state index in [0.717, 1.165) is 34.5 Å². The zero-order chi connectivity index (χ0) is 19.2. The predicted octanol–water partition coefficient (Wildman–Crippen LogP) is 6.07. The summed E-state index contributed by atoms with van der Waals surface area (Å²) in [5.41, 5.74) is 4.30. The van der Waals surface area contributed by atoms with Crippen molar-refractivity contribution in [2.24, 2.45) is 0 Å². The Morgan fingerprint density at radius 1 is 0.926 bits per heavy atom. The highest BCUT2D eigenvalue weighted by atomic mass is 35.5. The molecule has 0 saturated heterocycles. The normalized spacial score (nSPS) is 12.1. The SMILES string of the molecule is CN(Cc1ccc(-c2ccccc2Cl)cc1)CC(C=O)c1ccc(Cl)cc1. The Morgan fingerprint density at radius 2 is 1.59 bits per heavy atom. The largest absolute Gasteiger partial charge is 0.303 e. The van der Waals surface area contributed by atoms with E-state index in [1.807, 2.05) is 55.6 Å². The summed E-state index contributed by atoms with van der Waals surface area (Å²) in [6.07, 6.45) is 1.00. The molecule has 3 aromatic carbocycles. The summed E-state index contributed by atoms with van der Waals surface area (Å²) in [6.45, 7) is 1.41. The molecule has 1 atom stereocenters. The van der Waals surface area contributed by atoms with E-state index in [1.165, 1.54) is 5.56 Å². The third-order valence-corrected chi connectivity index (χ3v) is 5.14. The zero-order valence-electron chi connectivity index (χ0n) is 15.1. The Balaban J connectivity index is 1.65. The highest BCUT2D eigenvalue weighted by Gasteiger charge is 2.13. The minimum absolute atomic E-state index is 0.172. The molecule has 3 rings (SSSR count). The van der Waals surface area contributed by atoms with Crippen molar-refractivity contribution >= 4 is 29.5 Å². The second-order valence-electron chi connectivity index (χ2n) is 6.67. The third-order valence-electron chi connectivity index (χ3n) is 4.56. The van der Waals surface area contributed by atoms with Gasteiger partial charge in [0.15, 0.2) is 0 Å². The van der Waals surface area contributed by atoms with Gasteiger partial charge in [0.25, 0.3) is 0 Å². The Morgan fingerprint density at radius 3 is 2.22 bits per heavy atom. The molecule has 0 spiro atoms. The van der Waals surface area contributed by atoms with Crippen molar-refractivity contribution in [2.75, 3.05) is 13.6 Å². The fraction of sp³-hybridized carbons (Fsp3) is 0.174. The second kappa shape index (κ2) is 9.18. The van der Waals surface area contributed by atoms with Crippen molar-refractivity contribution < 1.29 is 4.79 Å². The quantitative estimate of drug-likeness (QED) is 0.450. The standard InChI is InChI=1S/C23H21Cl2NO/c1-26(15-20(16-27)18-10-12-21(24)13-11-18)14-17-6-8-19(9-7-17)22-4-2-3-5-23(22)25/h2-13,16,20H,14-15H2,1H3. The molecule has 0 aliphatic rings. The topological polar surface area (TPSA) is 20.3 Å². The molecule has 0 aliphatic carbocycles. The molecule has 0 N–H and O–H groups in total. The molecule has 0 heterocycles. The van der Waals surface area contributed by atoms with Gasteiger partial charge >= 0.3 is 0 Å². The molecular formula is C23H21Cl2NO. The van der Waals surface area contributed by atoms with Crippen LogP contribution in [0.5, 0.6) is 0 Å². The first-order valence-electron chi connectivity index (χ1n) is 8.80. The first-order valence-corrected chi connectivity index (χ1v) is 9.55. The number of benzene rings is 3. The van der Waals surface area contributed by atoms with Crippen LogP contribution in [0, 0.1) is 0 Å². The van der Waals surface area contributed by atoms with E-state index in [0.29, 0.717) is 11.6 Å². The number of rotatable bonds is 7. The lowest BCUT2D eigenvalue weighted by molar-refractivity contribution is -0.109. The number of hydrogen-bond acceptors (Lipinski definition) is 2. The van der Waals surface area contributed by atoms with Crippen LogP contribution in [0.2, 0.25) is 10.0 Å². The van der Waals surface area contributed by atoms with E-state index < -0.39 is 0 Å². The maximum absolute atomic E-state index is 11.5. The highest BCUT2D eigenvalue weighted by molar-refractivity contribution is 6.33. The number of halogens is 2. The summed E-state index contributed by atoms with van der Waals surface area (Å²) in [5.74, 6) is -0.172. The molecule has 1 unspecified atom stereocenters. The number of carbonyl (C=O) groups is 1. The summed E-state index contributed by atoms with van der Waals surface area (Å²) in [6, 6.07) is 23.7.